The molecule has 1 unspecified atom stereocenters. The average molecular weight is 397 g/mol. The van der Waals surface area contributed by atoms with E-state index in [1.165, 1.54) is 0 Å². The lowest BCUT2D eigenvalue weighted by atomic mass is 10.1. The number of carbonyl (C=O) groups excluding carboxylic acids is 1. The van der Waals surface area contributed by atoms with Gasteiger partial charge in [0.1, 0.15) is 5.60 Å². The van der Waals surface area contributed by atoms with Crippen LogP contribution in [-0.4, -0.2) is 53.5 Å². The van der Waals surface area contributed by atoms with Crippen LogP contribution < -0.4 is 16.0 Å². The molecule has 0 saturated carbocycles. The van der Waals surface area contributed by atoms with Gasteiger partial charge in [-0.25, -0.2) is 4.79 Å². The predicted octanol–water partition coefficient (Wildman–Crippen LogP) is 2.56. The van der Waals surface area contributed by atoms with Crippen molar-refractivity contribution in [3.8, 4) is 0 Å². The lowest BCUT2D eigenvalue weighted by Crippen LogP contribution is -2.49. The number of aromatic nitrogens is 2. The Hall–Kier alpha value is -2.32. The Morgan fingerprint density at radius 3 is 2.61 bits per heavy atom. The molecule has 3 N–H and O–H groups in total. The van der Waals surface area contributed by atoms with Crippen LogP contribution in [0.25, 0.3) is 0 Å². The van der Waals surface area contributed by atoms with Crippen molar-refractivity contribution in [3.63, 3.8) is 0 Å². The second-order valence-corrected chi connectivity index (χ2v) is 7.61. The highest BCUT2D eigenvalue weighted by molar-refractivity contribution is 5.80. The molecule has 9 nitrogen and oxygen atoms in total. The standard InChI is InChI=1S/C19H36N6O3/c1-7-9-10-15(13-22-18(26)27-19(4,5)6)24-17(20-8-2)21-12-11-16-23-14(3)25-28-16/h15H,7-13H2,1-6H3,(H,22,26)(H2,20,21,24). The SMILES string of the molecule is CCCCC(CNC(=O)OC(C)(C)C)NC(=NCCc1nc(C)no1)NCC. The van der Waals surface area contributed by atoms with Crippen LogP contribution in [0.3, 0.4) is 0 Å². The fraction of sp³-hybridized carbons (Fsp3) is 0.789. The Bertz CT molecular complexity index is 609. The number of hydrogen-bond acceptors (Lipinski definition) is 6. The highest BCUT2D eigenvalue weighted by Gasteiger charge is 2.18. The van der Waals surface area contributed by atoms with Gasteiger partial charge in [0.15, 0.2) is 11.8 Å². The summed E-state index contributed by atoms with van der Waals surface area (Å²) < 4.78 is 10.4. The van der Waals surface area contributed by atoms with Gasteiger partial charge in [0.2, 0.25) is 5.89 Å². The highest BCUT2D eigenvalue weighted by atomic mass is 16.6. The number of nitrogens with one attached hydrogen (secondary N) is 3. The van der Waals surface area contributed by atoms with E-state index in [0.717, 1.165) is 25.8 Å². The number of aryl methyl sites for hydroxylation is 1. The molecule has 0 radical (unpaired) electrons. The summed E-state index contributed by atoms with van der Waals surface area (Å²) in [4.78, 5) is 20.7. The van der Waals surface area contributed by atoms with Gasteiger partial charge in [-0.2, -0.15) is 4.98 Å². The first-order chi connectivity index (χ1) is 13.2. The van der Waals surface area contributed by atoms with Gasteiger partial charge in [0.05, 0.1) is 6.54 Å². The van der Waals surface area contributed by atoms with Gasteiger partial charge in [-0.05, 0) is 41.0 Å². The average Bonchev–Trinajstić information content (AvgIpc) is 3.01. The zero-order chi connectivity index (χ0) is 21.0. The fourth-order valence-electron chi connectivity index (χ4n) is 2.41. The van der Waals surface area contributed by atoms with Crippen molar-refractivity contribution < 1.29 is 14.1 Å². The first-order valence-corrected chi connectivity index (χ1v) is 10.0. The number of unbranched alkanes of at least 4 members (excludes halogenated alkanes) is 1. The summed E-state index contributed by atoms with van der Waals surface area (Å²) in [5.41, 5.74) is -0.514. The number of aliphatic imine (C=N–C) groups is 1. The second-order valence-electron chi connectivity index (χ2n) is 7.61. The molecule has 0 bridgehead atoms. The quantitative estimate of drug-likeness (QED) is 0.411. The topological polar surface area (TPSA) is 114 Å². The Morgan fingerprint density at radius 2 is 2.04 bits per heavy atom. The fourth-order valence-corrected chi connectivity index (χ4v) is 2.41. The van der Waals surface area contributed by atoms with E-state index in [1.54, 1.807) is 6.92 Å². The molecule has 9 heteroatoms. The van der Waals surface area contributed by atoms with E-state index in [-0.39, 0.29) is 6.04 Å². The van der Waals surface area contributed by atoms with E-state index in [4.69, 9.17) is 9.26 Å². The molecule has 0 aliphatic rings. The maximum Gasteiger partial charge on any atom is 0.407 e. The van der Waals surface area contributed by atoms with Crippen molar-refractivity contribution in [2.45, 2.75) is 78.9 Å². The molecule has 0 aliphatic heterocycles. The molecule has 1 aromatic heterocycles. The van der Waals surface area contributed by atoms with Crippen LogP contribution in [0, 0.1) is 6.92 Å². The second kappa shape index (κ2) is 12.2. The maximum atomic E-state index is 11.9. The van der Waals surface area contributed by atoms with E-state index in [9.17, 15) is 4.79 Å². The minimum atomic E-state index is -0.514. The molecule has 1 atom stereocenters. The Morgan fingerprint density at radius 1 is 1.29 bits per heavy atom. The number of hydrogen-bond donors (Lipinski definition) is 3. The van der Waals surface area contributed by atoms with Gasteiger partial charge < -0.3 is 25.2 Å². The zero-order valence-corrected chi connectivity index (χ0v) is 18.1. The minimum Gasteiger partial charge on any atom is -0.444 e. The Labute approximate surface area is 168 Å². The van der Waals surface area contributed by atoms with Gasteiger partial charge in [-0.15, -0.1) is 0 Å². The zero-order valence-electron chi connectivity index (χ0n) is 18.1. The maximum absolute atomic E-state index is 11.9. The highest BCUT2D eigenvalue weighted by Crippen LogP contribution is 2.07. The normalized spacial score (nSPS) is 13.1. The monoisotopic (exact) mass is 396 g/mol. The summed E-state index contributed by atoms with van der Waals surface area (Å²) in [7, 11) is 0. The van der Waals surface area contributed by atoms with Crippen molar-refractivity contribution in [2.24, 2.45) is 4.99 Å². The molecule has 0 spiro atoms. The Balaban J connectivity index is 2.61. The third-order valence-corrected chi connectivity index (χ3v) is 3.65. The summed E-state index contributed by atoms with van der Waals surface area (Å²) in [6.07, 6.45) is 3.21. The Kier molecular flexibility index (Phi) is 10.3. The molecule has 1 amide bonds. The number of rotatable bonds is 10. The summed E-state index contributed by atoms with van der Waals surface area (Å²) >= 11 is 0. The minimum absolute atomic E-state index is 0.0518. The van der Waals surface area contributed by atoms with E-state index >= 15 is 0 Å². The molecular weight excluding hydrogens is 360 g/mol. The van der Waals surface area contributed by atoms with Gasteiger partial charge in [-0.3, -0.25) is 4.99 Å². The number of carbonyl (C=O) groups is 1. The third kappa shape index (κ3) is 10.7. The first-order valence-electron chi connectivity index (χ1n) is 10.0. The molecule has 0 fully saturated rings. The van der Waals surface area contributed by atoms with Crippen molar-refractivity contribution in [1.82, 2.24) is 26.1 Å². The van der Waals surface area contributed by atoms with Crippen molar-refractivity contribution >= 4 is 12.1 Å². The van der Waals surface area contributed by atoms with E-state index in [0.29, 0.717) is 37.2 Å². The number of ether oxygens (including phenoxy) is 1. The van der Waals surface area contributed by atoms with E-state index in [2.05, 4.69) is 38.0 Å². The van der Waals surface area contributed by atoms with Crippen LogP contribution in [0.2, 0.25) is 0 Å². The number of guanidine groups is 1. The van der Waals surface area contributed by atoms with Crippen molar-refractivity contribution in [2.75, 3.05) is 19.6 Å². The largest absolute Gasteiger partial charge is 0.444 e. The van der Waals surface area contributed by atoms with Crippen LogP contribution in [0.5, 0.6) is 0 Å². The number of alkyl carbamates (subject to hydrolysis) is 1. The smallest absolute Gasteiger partial charge is 0.407 e. The van der Waals surface area contributed by atoms with Crippen LogP contribution in [0.4, 0.5) is 4.79 Å². The first kappa shape index (κ1) is 23.7. The molecule has 1 aromatic rings. The number of nitrogens with zero attached hydrogens (tertiary/aromatic N) is 3. The molecule has 1 heterocycles. The molecule has 28 heavy (non-hydrogen) atoms. The molecule has 0 saturated heterocycles. The van der Waals surface area contributed by atoms with Gasteiger partial charge in [0, 0.05) is 25.6 Å². The molecular formula is C19H36N6O3. The van der Waals surface area contributed by atoms with Crippen LogP contribution >= 0.6 is 0 Å². The third-order valence-electron chi connectivity index (χ3n) is 3.65. The summed E-state index contributed by atoms with van der Waals surface area (Å²) in [5.74, 6) is 1.90. The summed E-state index contributed by atoms with van der Waals surface area (Å²) in [6.45, 7) is 13.2. The molecule has 1 rings (SSSR count). The summed E-state index contributed by atoms with van der Waals surface area (Å²) in [5, 5.41) is 13.3. The number of amides is 1. The molecule has 0 aromatic carbocycles. The van der Waals surface area contributed by atoms with Crippen molar-refractivity contribution in [1.29, 1.82) is 0 Å². The predicted molar refractivity (Wildman–Crippen MR) is 109 cm³/mol. The summed E-state index contributed by atoms with van der Waals surface area (Å²) in [6, 6.07) is 0.0518. The van der Waals surface area contributed by atoms with Crippen LogP contribution in [-0.2, 0) is 11.2 Å². The van der Waals surface area contributed by atoms with Gasteiger partial charge >= 0.3 is 6.09 Å². The van der Waals surface area contributed by atoms with Gasteiger partial charge in [-0.1, -0.05) is 24.9 Å². The van der Waals surface area contributed by atoms with Gasteiger partial charge in [0.25, 0.3) is 0 Å². The van der Waals surface area contributed by atoms with Crippen molar-refractivity contribution in [3.05, 3.63) is 11.7 Å². The van der Waals surface area contributed by atoms with Crippen LogP contribution in [0.1, 0.15) is 65.6 Å². The lowest BCUT2D eigenvalue weighted by molar-refractivity contribution is 0.0522. The van der Waals surface area contributed by atoms with E-state index < -0.39 is 11.7 Å². The molecule has 160 valence electrons. The lowest BCUT2D eigenvalue weighted by Gasteiger charge is -2.24. The van der Waals surface area contributed by atoms with Crippen LogP contribution in [0.15, 0.2) is 9.52 Å². The molecule has 0 aliphatic carbocycles. The van der Waals surface area contributed by atoms with E-state index in [1.807, 2.05) is 27.7 Å².